The highest BCUT2D eigenvalue weighted by Crippen LogP contribution is 2.14. The van der Waals surface area contributed by atoms with Crippen LogP contribution in [0.2, 0.25) is 0 Å². The van der Waals surface area contributed by atoms with Crippen LogP contribution in [-0.4, -0.2) is 47.4 Å². The van der Waals surface area contributed by atoms with Gasteiger partial charge < -0.3 is 14.8 Å². The molecule has 0 saturated carbocycles. The van der Waals surface area contributed by atoms with E-state index in [1.807, 2.05) is 0 Å². The van der Waals surface area contributed by atoms with Crippen LogP contribution in [0.15, 0.2) is 29.2 Å². The monoisotopic (exact) mass is 300 g/mol. The Bertz CT molecular complexity index is 510. The van der Waals surface area contributed by atoms with Crippen molar-refractivity contribution in [1.29, 1.82) is 0 Å². The van der Waals surface area contributed by atoms with E-state index >= 15 is 0 Å². The van der Waals surface area contributed by atoms with E-state index < -0.39 is 10.0 Å². The molecule has 1 atom stereocenters. The number of benzene rings is 1. The summed E-state index contributed by atoms with van der Waals surface area (Å²) in [5.74, 6) is 0. The van der Waals surface area contributed by atoms with E-state index in [9.17, 15) is 8.42 Å². The van der Waals surface area contributed by atoms with E-state index in [-0.39, 0.29) is 11.0 Å². The second kappa shape index (κ2) is 7.03. The Kier molecular flexibility index (Phi) is 5.36. The molecule has 1 fully saturated rings. The molecule has 0 spiro atoms. The maximum Gasteiger partial charge on any atom is 0.240 e. The highest BCUT2D eigenvalue weighted by Gasteiger charge is 2.14. The molecule has 0 aliphatic carbocycles. The van der Waals surface area contributed by atoms with Crippen LogP contribution in [0.1, 0.15) is 6.92 Å². The predicted octanol–water partition coefficient (Wildman–Crippen LogP) is 0.812. The Morgan fingerprint density at radius 2 is 2.00 bits per heavy atom. The molecule has 0 aromatic heterocycles. The fourth-order valence-corrected chi connectivity index (χ4v) is 2.95. The summed E-state index contributed by atoms with van der Waals surface area (Å²) in [5.41, 5.74) is 0.856. The molecule has 2 rings (SSSR count). The summed E-state index contributed by atoms with van der Waals surface area (Å²) in [5, 5.41) is 3.20. The summed E-state index contributed by atoms with van der Waals surface area (Å²) in [6, 6.07) is 6.65. The van der Waals surface area contributed by atoms with Crippen LogP contribution in [0, 0.1) is 0 Å². The second-order valence-corrected chi connectivity index (χ2v) is 6.24. The summed E-state index contributed by atoms with van der Waals surface area (Å²) in [6.07, 6.45) is 0.0360. The quantitative estimate of drug-likeness (QED) is 0.813. The van der Waals surface area contributed by atoms with E-state index in [4.69, 9.17) is 9.47 Å². The van der Waals surface area contributed by atoms with Crippen molar-refractivity contribution >= 4 is 15.7 Å². The summed E-state index contributed by atoms with van der Waals surface area (Å²) < 4.78 is 36.8. The zero-order valence-electron chi connectivity index (χ0n) is 11.5. The summed E-state index contributed by atoms with van der Waals surface area (Å²) in [6.45, 7) is 4.61. The van der Waals surface area contributed by atoms with Gasteiger partial charge in [0.1, 0.15) is 0 Å². The molecule has 1 saturated heterocycles. The van der Waals surface area contributed by atoms with E-state index in [0.717, 1.165) is 5.69 Å². The minimum Gasteiger partial charge on any atom is -0.382 e. The summed E-state index contributed by atoms with van der Waals surface area (Å²) in [4.78, 5) is 0.266. The Morgan fingerprint density at radius 3 is 2.60 bits per heavy atom. The number of sulfonamides is 1. The molecule has 1 aromatic rings. The first-order valence-corrected chi connectivity index (χ1v) is 8.13. The van der Waals surface area contributed by atoms with Crippen LogP contribution in [0.3, 0.4) is 0 Å². The van der Waals surface area contributed by atoms with Gasteiger partial charge in [-0.3, -0.25) is 0 Å². The summed E-state index contributed by atoms with van der Waals surface area (Å²) in [7, 11) is -3.38. The van der Waals surface area contributed by atoms with Gasteiger partial charge in [0.2, 0.25) is 10.0 Å². The SMILES string of the molecule is CCNS(=O)(=O)c1ccc(NCC2COCCO2)cc1. The van der Waals surface area contributed by atoms with Crippen molar-refractivity contribution in [2.75, 3.05) is 38.2 Å². The Labute approximate surface area is 119 Å². The van der Waals surface area contributed by atoms with Gasteiger partial charge in [-0.2, -0.15) is 0 Å². The molecular weight excluding hydrogens is 280 g/mol. The molecule has 7 heteroatoms. The van der Waals surface area contributed by atoms with E-state index in [0.29, 0.717) is 32.9 Å². The third-order valence-electron chi connectivity index (χ3n) is 2.92. The normalized spacial score (nSPS) is 19.8. The highest BCUT2D eigenvalue weighted by molar-refractivity contribution is 7.89. The number of hydrogen-bond donors (Lipinski definition) is 2. The largest absolute Gasteiger partial charge is 0.382 e. The Morgan fingerprint density at radius 1 is 1.25 bits per heavy atom. The van der Waals surface area contributed by atoms with Crippen molar-refractivity contribution in [3.8, 4) is 0 Å². The molecule has 112 valence electrons. The fraction of sp³-hybridized carbons (Fsp3) is 0.538. The number of rotatable bonds is 6. The summed E-state index contributed by atoms with van der Waals surface area (Å²) >= 11 is 0. The third kappa shape index (κ3) is 4.17. The van der Waals surface area contributed by atoms with Crippen molar-refractivity contribution in [1.82, 2.24) is 4.72 Å². The van der Waals surface area contributed by atoms with Crippen molar-refractivity contribution in [2.45, 2.75) is 17.9 Å². The van der Waals surface area contributed by atoms with Gasteiger partial charge in [-0.1, -0.05) is 6.92 Å². The van der Waals surface area contributed by atoms with Gasteiger partial charge >= 0.3 is 0 Å². The molecule has 1 aliphatic heterocycles. The van der Waals surface area contributed by atoms with Crippen molar-refractivity contribution < 1.29 is 17.9 Å². The van der Waals surface area contributed by atoms with Crippen LogP contribution in [0.4, 0.5) is 5.69 Å². The van der Waals surface area contributed by atoms with Gasteiger partial charge in [0, 0.05) is 18.8 Å². The number of anilines is 1. The van der Waals surface area contributed by atoms with Gasteiger partial charge in [0.15, 0.2) is 0 Å². The Hall–Kier alpha value is -1.15. The molecule has 1 aromatic carbocycles. The molecular formula is C13H20N2O4S. The first-order chi connectivity index (χ1) is 9.62. The minimum atomic E-state index is -3.38. The lowest BCUT2D eigenvalue weighted by molar-refractivity contribution is -0.0818. The average Bonchev–Trinajstić information content (AvgIpc) is 2.47. The lowest BCUT2D eigenvalue weighted by Gasteiger charge is -2.23. The molecule has 0 amide bonds. The van der Waals surface area contributed by atoms with E-state index in [2.05, 4.69) is 10.0 Å². The molecule has 1 unspecified atom stereocenters. The molecule has 2 N–H and O–H groups in total. The molecule has 0 radical (unpaired) electrons. The standard InChI is InChI=1S/C13H20N2O4S/c1-2-15-20(16,17)13-5-3-11(4-6-13)14-9-12-10-18-7-8-19-12/h3-6,12,14-15H,2,7-10H2,1H3. The zero-order chi connectivity index (χ0) is 14.4. The molecule has 0 bridgehead atoms. The van der Waals surface area contributed by atoms with Crippen molar-refractivity contribution in [3.05, 3.63) is 24.3 Å². The maximum atomic E-state index is 11.8. The first-order valence-electron chi connectivity index (χ1n) is 6.65. The van der Waals surface area contributed by atoms with Gasteiger partial charge in [0.25, 0.3) is 0 Å². The molecule has 20 heavy (non-hydrogen) atoms. The number of ether oxygens (including phenoxy) is 2. The van der Waals surface area contributed by atoms with Gasteiger partial charge in [-0.15, -0.1) is 0 Å². The zero-order valence-corrected chi connectivity index (χ0v) is 12.3. The molecule has 6 nitrogen and oxygen atoms in total. The lowest BCUT2D eigenvalue weighted by Crippen LogP contribution is -2.34. The van der Waals surface area contributed by atoms with Crippen LogP contribution in [-0.2, 0) is 19.5 Å². The maximum absolute atomic E-state index is 11.8. The van der Waals surface area contributed by atoms with E-state index in [1.54, 1.807) is 31.2 Å². The first kappa shape index (κ1) is 15.2. The van der Waals surface area contributed by atoms with Gasteiger partial charge in [0.05, 0.1) is 30.8 Å². The second-order valence-electron chi connectivity index (χ2n) is 4.47. The predicted molar refractivity (Wildman–Crippen MR) is 76.4 cm³/mol. The smallest absolute Gasteiger partial charge is 0.240 e. The minimum absolute atomic E-state index is 0.0360. The van der Waals surface area contributed by atoms with E-state index in [1.165, 1.54) is 0 Å². The van der Waals surface area contributed by atoms with Crippen LogP contribution in [0.5, 0.6) is 0 Å². The number of nitrogens with one attached hydrogen (secondary N) is 2. The van der Waals surface area contributed by atoms with Crippen LogP contribution >= 0.6 is 0 Å². The van der Waals surface area contributed by atoms with Crippen molar-refractivity contribution in [3.63, 3.8) is 0 Å². The average molecular weight is 300 g/mol. The van der Waals surface area contributed by atoms with Crippen LogP contribution in [0.25, 0.3) is 0 Å². The number of hydrogen-bond acceptors (Lipinski definition) is 5. The highest BCUT2D eigenvalue weighted by atomic mass is 32.2. The topological polar surface area (TPSA) is 76.7 Å². The van der Waals surface area contributed by atoms with Gasteiger partial charge in [-0.05, 0) is 24.3 Å². The fourth-order valence-electron chi connectivity index (χ4n) is 1.91. The lowest BCUT2D eigenvalue weighted by atomic mass is 10.3. The Balaban J connectivity index is 1.91. The molecule has 1 aliphatic rings. The van der Waals surface area contributed by atoms with Crippen molar-refractivity contribution in [2.24, 2.45) is 0 Å². The molecule has 1 heterocycles. The third-order valence-corrected chi connectivity index (χ3v) is 4.48. The van der Waals surface area contributed by atoms with Crippen LogP contribution < -0.4 is 10.0 Å². The van der Waals surface area contributed by atoms with Gasteiger partial charge in [-0.25, -0.2) is 13.1 Å².